The van der Waals surface area contributed by atoms with Crippen LogP contribution in [-0.4, -0.2) is 67.6 Å². The van der Waals surface area contributed by atoms with Crippen molar-refractivity contribution in [2.24, 2.45) is 5.41 Å². The summed E-state index contributed by atoms with van der Waals surface area (Å²) in [4.78, 5) is 42.3. The molecule has 2 aromatic carbocycles. The number of halogens is 2. The lowest BCUT2D eigenvalue weighted by atomic mass is 9.74. The third-order valence-electron chi connectivity index (χ3n) is 7.75. The lowest BCUT2D eigenvalue weighted by Crippen LogP contribution is -2.59. The van der Waals surface area contributed by atoms with Gasteiger partial charge in [0.1, 0.15) is 6.04 Å². The van der Waals surface area contributed by atoms with Crippen LogP contribution in [-0.2, 0) is 22.4 Å². The van der Waals surface area contributed by atoms with Crippen molar-refractivity contribution in [3.63, 3.8) is 0 Å². The molecule has 0 spiro atoms. The Hall–Kier alpha value is -2.81. The number of urea groups is 1. The van der Waals surface area contributed by atoms with Gasteiger partial charge in [0.05, 0.1) is 15.5 Å². The largest absolute Gasteiger partial charge is 0.356 e. The second-order valence-corrected chi connectivity index (χ2v) is 11.6. The number of nitrogens with zero attached hydrogens (tertiary/aromatic N) is 1. The molecule has 40 heavy (non-hydrogen) atoms. The molecule has 2 saturated heterocycles. The molecule has 2 heterocycles. The number of hydrogen-bond donors (Lipinski definition) is 4. The molecule has 2 aliphatic heterocycles. The highest BCUT2D eigenvalue weighted by Crippen LogP contribution is 2.35. The van der Waals surface area contributed by atoms with Crippen molar-refractivity contribution in [3.05, 3.63) is 69.7 Å². The first kappa shape index (κ1) is 30.2. The third-order valence-corrected chi connectivity index (χ3v) is 8.49. The van der Waals surface area contributed by atoms with Gasteiger partial charge in [-0.2, -0.15) is 0 Å². The number of rotatable bonds is 9. The summed E-state index contributed by atoms with van der Waals surface area (Å²) in [6.07, 6.45) is 4.01. The fraction of sp³-hybridized carbons (Fsp3) is 0.500. The van der Waals surface area contributed by atoms with E-state index in [2.05, 4.69) is 21.3 Å². The summed E-state index contributed by atoms with van der Waals surface area (Å²) in [5.41, 5.74) is 1.08. The predicted octanol–water partition coefficient (Wildman–Crippen LogP) is 3.94. The summed E-state index contributed by atoms with van der Waals surface area (Å²) in [5.74, 6) is -0.266. The Morgan fingerprint density at radius 1 is 1.07 bits per heavy atom. The quantitative estimate of drug-likeness (QED) is 0.357. The van der Waals surface area contributed by atoms with Crippen LogP contribution in [0.1, 0.15) is 43.7 Å². The molecule has 4 rings (SSSR count). The zero-order valence-corrected chi connectivity index (χ0v) is 24.5. The smallest absolute Gasteiger partial charge is 0.315 e. The summed E-state index contributed by atoms with van der Waals surface area (Å²) >= 11 is 12.4. The molecule has 216 valence electrons. The van der Waals surface area contributed by atoms with Crippen LogP contribution in [0.25, 0.3) is 0 Å². The average molecular weight is 589 g/mol. The molecule has 0 aliphatic carbocycles. The Morgan fingerprint density at radius 2 is 1.88 bits per heavy atom. The molecule has 4 N–H and O–H groups in total. The number of nitrogens with one attached hydrogen (secondary N) is 4. The molecule has 0 aromatic heterocycles. The number of carbonyl (C=O) groups is 3. The van der Waals surface area contributed by atoms with Crippen molar-refractivity contribution in [1.29, 1.82) is 0 Å². The highest BCUT2D eigenvalue weighted by molar-refractivity contribution is 6.42. The van der Waals surface area contributed by atoms with Gasteiger partial charge in [0.15, 0.2) is 0 Å². The average Bonchev–Trinajstić information content (AvgIpc) is 2.95. The van der Waals surface area contributed by atoms with E-state index in [1.807, 2.05) is 43.3 Å². The van der Waals surface area contributed by atoms with Crippen molar-refractivity contribution >= 4 is 41.0 Å². The van der Waals surface area contributed by atoms with Crippen molar-refractivity contribution in [2.45, 2.75) is 57.5 Å². The van der Waals surface area contributed by atoms with E-state index in [1.54, 1.807) is 17.0 Å². The van der Waals surface area contributed by atoms with Crippen LogP contribution in [0.4, 0.5) is 4.79 Å². The van der Waals surface area contributed by atoms with Crippen molar-refractivity contribution in [3.8, 4) is 0 Å². The van der Waals surface area contributed by atoms with Crippen molar-refractivity contribution in [1.82, 2.24) is 26.2 Å². The summed E-state index contributed by atoms with van der Waals surface area (Å²) in [6.45, 7) is 4.84. The normalized spacial score (nSPS) is 21.8. The molecule has 2 aromatic rings. The molecule has 3 atom stereocenters. The van der Waals surface area contributed by atoms with Gasteiger partial charge in [-0.15, -0.1) is 0 Å². The van der Waals surface area contributed by atoms with Gasteiger partial charge in [0, 0.05) is 38.6 Å². The maximum absolute atomic E-state index is 14.1. The molecular formula is C30H39Cl2N5O3. The maximum atomic E-state index is 14.1. The zero-order valence-electron chi connectivity index (χ0n) is 23.0. The van der Waals surface area contributed by atoms with E-state index >= 15 is 0 Å². The van der Waals surface area contributed by atoms with E-state index < -0.39 is 11.5 Å². The molecule has 10 heteroatoms. The van der Waals surface area contributed by atoms with Crippen LogP contribution in [0.5, 0.6) is 0 Å². The molecule has 0 bridgehead atoms. The minimum absolute atomic E-state index is 0.000673. The molecular weight excluding hydrogens is 549 g/mol. The topological polar surface area (TPSA) is 103 Å². The van der Waals surface area contributed by atoms with Gasteiger partial charge in [0.25, 0.3) is 0 Å². The molecule has 0 saturated carbocycles. The van der Waals surface area contributed by atoms with Crippen LogP contribution in [0.15, 0.2) is 48.5 Å². The zero-order chi connectivity index (χ0) is 28.5. The number of carbonyl (C=O) groups excluding carboxylic acids is 3. The molecule has 4 amide bonds. The van der Waals surface area contributed by atoms with E-state index in [4.69, 9.17) is 23.2 Å². The Bertz CT molecular complexity index is 1180. The minimum atomic E-state index is -0.837. The van der Waals surface area contributed by atoms with Gasteiger partial charge in [-0.3, -0.25) is 9.59 Å². The Morgan fingerprint density at radius 3 is 2.58 bits per heavy atom. The Labute approximate surface area is 246 Å². The fourth-order valence-corrected chi connectivity index (χ4v) is 6.07. The monoisotopic (exact) mass is 587 g/mol. The highest BCUT2D eigenvalue weighted by Gasteiger charge is 2.44. The first-order valence-corrected chi connectivity index (χ1v) is 14.9. The SMILES string of the molecule is CCNC(=O)[C@]1(Cc2ccccc2)CCCN(C(=O)[C@@H](Cc2ccc(Cl)c(Cl)c2)NC(=O)N[C@@H]2CCCNC2)C1. The van der Waals surface area contributed by atoms with Crippen LogP contribution < -0.4 is 21.3 Å². The van der Waals surface area contributed by atoms with Gasteiger partial charge >= 0.3 is 6.03 Å². The second-order valence-electron chi connectivity index (χ2n) is 10.8. The molecule has 8 nitrogen and oxygen atoms in total. The number of likely N-dealkylation sites (tertiary alicyclic amines) is 1. The van der Waals surface area contributed by atoms with Crippen LogP contribution in [0.3, 0.4) is 0 Å². The number of hydrogen-bond acceptors (Lipinski definition) is 4. The van der Waals surface area contributed by atoms with Crippen LogP contribution in [0, 0.1) is 5.41 Å². The standard InChI is InChI=1S/C30H39Cl2N5O3/c1-2-34-28(39)30(18-21-8-4-3-5-9-21)13-7-15-37(20-30)27(38)26(17-22-11-12-24(31)25(32)16-22)36-29(40)35-23-10-6-14-33-19-23/h3-5,8-9,11-12,16,23,26,33H,2,6-7,10,13-15,17-20H2,1H3,(H,34,39)(H2,35,36,40)/t23-,26-,30+/m1/s1. The van der Waals surface area contributed by atoms with Gasteiger partial charge in [-0.05, 0) is 68.8 Å². The fourth-order valence-electron chi connectivity index (χ4n) is 5.75. The Balaban J connectivity index is 1.56. The first-order valence-electron chi connectivity index (χ1n) is 14.1. The molecule has 2 aliphatic rings. The number of benzene rings is 2. The van der Waals surface area contributed by atoms with E-state index in [-0.39, 0.29) is 36.9 Å². The first-order chi connectivity index (χ1) is 19.3. The summed E-state index contributed by atoms with van der Waals surface area (Å²) < 4.78 is 0. The summed E-state index contributed by atoms with van der Waals surface area (Å²) in [7, 11) is 0. The minimum Gasteiger partial charge on any atom is -0.356 e. The van der Waals surface area contributed by atoms with Gasteiger partial charge in [0.2, 0.25) is 11.8 Å². The summed E-state index contributed by atoms with van der Waals surface area (Å²) in [6, 6.07) is 13.9. The van der Waals surface area contributed by atoms with Crippen molar-refractivity contribution in [2.75, 3.05) is 32.7 Å². The van der Waals surface area contributed by atoms with E-state index in [0.717, 1.165) is 30.5 Å². The number of piperidine rings is 2. The Kier molecular flexibility index (Phi) is 10.7. The lowest BCUT2D eigenvalue weighted by Gasteiger charge is -2.43. The number of amides is 4. The molecule has 2 fully saturated rings. The van der Waals surface area contributed by atoms with Gasteiger partial charge in [-0.1, -0.05) is 59.6 Å². The van der Waals surface area contributed by atoms with Crippen LogP contribution in [0.2, 0.25) is 10.0 Å². The van der Waals surface area contributed by atoms with E-state index in [0.29, 0.717) is 48.9 Å². The van der Waals surface area contributed by atoms with E-state index in [9.17, 15) is 14.4 Å². The molecule has 0 unspecified atom stereocenters. The van der Waals surface area contributed by atoms with Gasteiger partial charge < -0.3 is 26.2 Å². The third kappa shape index (κ3) is 7.89. The summed E-state index contributed by atoms with van der Waals surface area (Å²) in [5, 5.41) is 13.0. The maximum Gasteiger partial charge on any atom is 0.315 e. The van der Waals surface area contributed by atoms with Crippen molar-refractivity contribution < 1.29 is 14.4 Å². The lowest BCUT2D eigenvalue weighted by molar-refractivity contribution is -0.142. The van der Waals surface area contributed by atoms with Gasteiger partial charge in [-0.25, -0.2) is 4.79 Å². The predicted molar refractivity (Wildman–Crippen MR) is 159 cm³/mol. The molecule has 0 radical (unpaired) electrons. The second kappa shape index (κ2) is 14.2. The highest BCUT2D eigenvalue weighted by atomic mass is 35.5. The van der Waals surface area contributed by atoms with E-state index in [1.165, 1.54) is 0 Å². The van der Waals surface area contributed by atoms with Crippen LogP contribution >= 0.6 is 23.2 Å².